The molecule has 2 aromatic carbocycles. The van der Waals surface area contributed by atoms with Crippen molar-refractivity contribution in [2.45, 2.75) is 13.5 Å². The molecule has 0 bridgehead atoms. The van der Waals surface area contributed by atoms with Crippen LogP contribution in [0.15, 0.2) is 71.3 Å². The van der Waals surface area contributed by atoms with Gasteiger partial charge in [0.1, 0.15) is 0 Å². The summed E-state index contributed by atoms with van der Waals surface area (Å²) in [5.74, 6) is -0.0810. The largest absolute Gasteiger partial charge is 0.278 e. The summed E-state index contributed by atoms with van der Waals surface area (Å²) in [4.78, 5) is 24.1. The molecule has 1 amide bonds. The fraction of sp³-hybridized carbons (Fsp3) is 0.0952. The van der Waals surface area contributed by atoms with Crippen molar-refractivity contribution >= 4 is 48.5 Å². The highest BCUT2D eigenvalue weighted by Gasteiger charge is 2.22. The highest BCUT2D eigenvalue weighted by molar-refractivity contribution is 9.10. The number of aryl methyl sites for hydroxylation is 1. The Morgan fingerprint density at radius 2 is 2.00 bits per heavy atom. The van der Waals surface area contributed by atoms with Crippen LogP contribution < -0.4 is 4.90 Å². The minimum Gasteiger partial charge on any atom is -0.278 e. The van der Waals surface area contributed by atoms with Crippen LogP contribution in [-0.4, -0.2) is 15.9 Å². The van der Waals surface area contributed by atoms with Gasteiger partial charge in [-0.25, -0.2) is 4.98 Å². The predicted octanol–water partition coefficient (Wildman–Crippen LogP) is 5.61. The van der Waals surface area contributed by atoms with Crippen molar-refractivity contribution in [1.29, 1.82) is 0 Å². The Labute approximate surface area is 169 Å². The lowest BCUT2D eigenvalue weighted by Crippen LogP contribution is -2.30. The van der Waals surface area contributed by atoms with Gasteiger partial charge in [-0.2, -0.15) is 0 Å². The first kappa shape index (κ1) is 17.8. The normalized spacial score (nSPS) is 10.9. The van der Waals surface area contributed by atoms with Gasteiger partial charge in [0.15, 0.2) is 5.13 Å². The Hall–Kier alpha value is -2.57. The van der Waals surface area contributed by atoms with Crippen molar-refractivity contribution in [2.75, 3.05) is 4.90 Å². The molecule has 0 unspecified atom stereocenters. The summed E-state index contributed by atoms with van der Waals surface area (Å²) in [6, 6.07) is 19.3. The summed E-state index contributed by atoms with van der Waals surface area (Å²) in [6.07, 6.45) is 1.74. The lowest BCUT2D eigenvalue weighted by molar-refractivity contribution is 0.0984. The minimum absolute atomic E-state index is 0.0810. The number of rotatable bonds is 4. The van der Waals surface area contributed by atoms with E-state index in [1.807, 2.05) is 67.6 Å². The second kappa shape index (κ2) is 7.58. The number of hydrogen-bond acceptors (Lipinski definition) is 4. The van der Waals surface area contributed by atoms with Gasteiger partial charge in [-0.15, -0.1) is 0 Å². The first-order chi connectivity index (χ1) is 13.1. The van der Waals surface area contributed by atoms with Gasteiger partial charge >= 0.3 is 0 Å². The third-order valence-corrected chi connectivity index (χ3v) is 5.66. The SMILES string of the molecule is Cc1cccc(C(=O)N(Cc2ccccn2)c2nc3ccc(Br)cc3s2)c1. The third-order valence-electron chi connectivity index (χ3n) is 4.13. The van der Waals surface area contributed by atoms with Crippen LogP contribution in [0.4, 0.5) is 5.13 Å². The van der Waals surface area contributed by atoms with Gasteiger partial charge in [-0.05, 0) is 49.4 Å². The number of benzene rings is 2. The average molecular weight is 438 g/mol. The smallest absolute Gasteiger partial charge is 0.260 e. The lowest BCUT2D eigenvalue weighted by Gasteiger charge is -2.19. The first-order valence-corrected chi connectivity index (χ1v) is 10.1. The molecular formula is C21H16BrN3OS. The fourth-order valence-corrected chi connectivity index (χ4v) is 4.33. The summed E-state index contributed by atoms with van der Waals surface area (Å²) in [7, 11) is 0. The number of thiazole rings is 1. The van der Waals surface area contributed by atoms with Crippen LogP contribution in [-0.2, 0) is 6.54 Å². The van der Waals surface area contributed by atoms with Crippen LogP contribution in [0.1, 0.15) is 21.6 Å². The monoisotopic (exact) mass is 437 g/mol. The fourth-order valence-electron chi connectivity index (χ4n) is 2.82. The zero-order valence-electron chi connectivity index (χ0n) is 14.6. The maximum atomic E-state index is 13.3. The molecule has 0 aliphatic carbocycles. The van der Waals surface area contributed by atoms with Gasteiger partial charge in [0.2, 0.25) is 0 Å². The molecule has 4 aromatic rings. The molecule has 0 saturated carbocycles. The zero-order valence-corrected chi connectivity index (χ0v) is 17.0. The van der Waals surface area contributed by atoms with E-state index in [9.17, 15) is 4.79 Å². The van der Waals surface area contributed by atoms with Gasteiger partial charge in [0.25, 0.3) is 5.91 Å². The standard InChI is InChI=1S/C21H16BrN3OS/c1-14-5-4-6-15(11-14)20(26)25(13-17-7-2-3-10-23-17)21-24-18-9-8-16(22)12-19(18)27-21/h2-12H,13H2,1H3. The second-order valence-corrected chi connectivity index (χ2v) is 8.12. The van der Waals surface area contributed by atoms with E-state index in [0.717, 1.165) is 25.9 Å². The van der Waals surface area contributed by atoms with Crippen molar-refractivity contribution in [3.63, 3.8) is 0 Å². The number of carbonyl (C=O) groups excluding carboxylic acids is 1. The number of nitrogens with zero attached hydrogens (tertiary/aromatic N) is 3. The first-order valence-electron chi connectivity index (χ1n) is 8.45. The molecule has 4 nitrogen and oxygen atoms in total. The number of carbonyl (C=O) groups is 1. The van der Waals surface area contributed by atoms with Crippen molar-refractivity contribution in [2.24, 2.45) is 0 Å². The van der Waals surface area contributed by atoms with Crippen LogP contribution in [0, 0.1) is 6.92 Å². The molecule has 134 valence electrons. The Bertz CT molecular complexity index is 1110. The molecule has 0 fully saturated rings. The van der Waals surface area contributed by atoms with Crippen molar-refractivity contribution in [3.8, 4) is 0 Å². The van der Waals surface area contributed by atoms with E-state index in [1.165, 1.54) is 11.3 Å². The molecule has 27 heavy (non-hydrogen) atoms. The highest BCUT2D eigenvalue weighted by Crippen LogP contribution is 2.32. The summed E-state index contributed by atoms with van der Waals surface area (Å²) in [5.41, 5.74) is 3.39. The minimum atomic E-state index is -0.0810. The number of halogens is 1. The molecule has 4 rings (SSSR count). The van der Waals surface area contributed by atoms with Crippen LogP contribution in [0.3, 0.4) is 0 Å². The quantitative estimate of drug-likeness (QED) is 0.416. The zero-order chi connectivity index (χ0) is 18.8. The summed E-state index contributed by atoms with van der Waals surface area (Å²) in [6.45, 7) is 2.35. The van der Waals surface area contributed by atoms with Crippen LogP contribution in [0.25, 0.3) is 10.2 Å². The van der Waals surface area contributed by atoms with Crippen LogP contribution >= 0.6 is 27.3 Å². The van der Waals surface area contributed by atoms with Gasteiger partial charge < -0.3 is 0 Å². The molecule has 0 N–H and O–H groups in total. The Morgan fingerprint density at radius 1 is 1.11 bits per heavy atom. The molecule has 2 heterocycles. The van der Waals surface area contributed by atoms with E-state index >= 15 is 0 Å². The molecule has 0 saturated heterocycles. The lowest BCUT2D eigenvalue weighted by atomic mass is 10.1. The number of aromatic nitrogens is 2. The molecule has 2 aromatic heterocycles. The maximum Gasteiger partial charge on any atom is 0.260 e. The maximum absolute atomic E-state index is 13.3. The predicted molar refractivity (Wildman–Crippen MR) is 113 cm³/mol. The highest BCUT2D eigenvalue weighted by atomic mass is 79.9. The van der Waals surface area contributed by atoms with Gasteiger partial charge in [0.05, 0.1) is 22.5 Å². The average Bonchev–Trinajstić information content (AvgIpc) is 3.09. The second-order valence-electron chi connectivity index (χ2n) is 6.19. The molecule has 0 atom stereocenters. The van der Waals surface area contributed by atoms with Crippen LogP contribution in [0.2, 0.25) is 0 Å². The Balaban J connectivity index is 1.77. The van der Waals surface area contributed by atoms with E-state index in [1.54, 1.807) is 11.1 Å². The third kappa shape index (κ3) is 3.91. The van der Waals surface area contributed by atoms with E-state index in [4.69, 9.17) is 4.98 Å². The van der Waals surface area contributed by atoms with Crippen LogP contribution in [0.5, 0.6) is 0 Å². The van der Waals surface area contributed by atoms with E-state index < -0.39 is 0 Å². The number of hydrogen-bond donors (Lipinski definition) is 0. The van der Waals surface area contributed by atoms with E-state index in [2.05, 4.69) is 20.9 Å². The molecule has 0 spiro atoms. The molecule has 0 aliphatic heterocycles. The van der Waals surface area contributed by atoms with Gasteiger partial charge in [-0.1, -0.05) is 51.0 Å². The van der Waals surface area contributed by atoms with Gasteiger partial charge in [0, 0.05) is 16.2 Å². The van der Waals surface area contributed by atoms with E-state index in [-0.39, 0.29) is 5.91 Å². The van der Waals surface area contributed by atoms with Crippen molar-refractivity contribution < 1.29 is 4.79 Å². The number of fused-ring (bicyclic) bond motifs is 1. The van der Waals surface area contributed by atoms with Crippen molar-refractivity contribution in [3.05, 3.63) is 88.2 Å². The summed E-state index contributed by atoms with van der Waals surface area (Å²) in [5, 5.41) is 0.667. The summed E-state index contributed by atoms with van der Waals surface area (Å²) >= 11 is 5.00. The Morgan fingerprint density at radius 3 is 2.78 bits per heavy atom. The topological polar surface area (TPSA) is 46.1 Å². The number of anilines is 1. The summed E-state index contributed by atoms with van der Waals surface area (Å²) < 4.78 is 2.02. The molecule has 0 radical (unpaired) electrons. The molecule has 0 aliphatic rings. The molecular weight excluding hydrogens is 422 g/mol. The van der Waals surface area contributed by atoms with Crippen molar-refractivity contribution in [1.82, 2.24) is 9.97 Å². The Kier molecular flexibility index (Phi) is 5.01. The number of amides is 1. The van der Waals surface area contributed by atoms with Gasteiger partial charge in [-0.3, -0.25) is 14.7 Å². The number of pyridine rings is 1. The molecule has 6 heteroatoms. The van der Waals surface area contributed by atoms with E-state index in [0.29, 0.717) is 17.2 Å².